The van der Waals surface area contributed by atoms with E-state index in [4.69, 9.17) is 14.2 Å². The van der Waals surface area contributed by atoms with Crippen molar-refractivity contribution in [2.45, 2.75) is 26.4 Å². The maximum absolute atomic E-state index is 12.5. The van der Waals surface area contributed by atoms with Gasteiger partial charge in [0.1, 0.15) is 0 Å². The molecule has 0 unspecified atom stereocenters. The van der Waals surface area contributed by atoms with E-state index in [9.17, 15) is 9.59 Å². The summed E-state index contributed by atoms with van der Waals surface area (Å²) in [5, 5.41) is 2.98. The Balaban J connectivity index is 1.83. The molecule has 2 N–H and O–H groups in total. The first-order chi connectivity index (χ1) is 13.0. The van der Waals surface area contributed by atoms with Crippen molar-refractivity contribution < 1.29 is 28.7 Å². The van der Waals surface area contributed by atoms with Gasteiger partial charge in [-0.2, -0.15) is 0 Å². The molecule has 2 rings (SSSR count). The molecular formula is C19H30N3O5+. The lowest BCUT2D eigenvalue weighted by molar-refractivity contribution is -0.918. The Morgan fingerprint density at radius 1 is 1.19 bits per heavy atom. The maximum Gasteiger partial charge on any atom is 0.410 e. The molecule has 1 aliphatic heterocycles. The lowest BCUT2D eigenvalue weighted by Gasteiger charge is -2.34. The third-order valence-electron chi connectivity index (χ3n) is 4.85. The van der Waals surface area contributed by atoms with Gasteiger partial charge < -0.3 is 24.4 Å². The molecule has 27 heavy (non-hydrogen) atoms. The zero-order valence-corrected chi connectivity index (χ0v) is 16.5. The number of benzene rings is 1. The number of amides is 2. The number of rotatable bonds is 7. The largest absolute Gasteiger partial charge is 0.493 e. The van der Waals surface area contributed by atoms with Crippen LogP contribution in [0.15, 0.2) is 18.2 Å². The lowest BCUT2D eigenvalue weighted by atomic mass is 10.1. The Labute approximate surface area is 160 Å². The second-order valence-corrected chi connectivity index (χ2v) is 6.47. The molecule has 8 nitrogen and oxygen atoms in total. The normalized spacial score (nSPS) is 15.8. The van der Waals surface area contributed by atoms with Gasteiger partial charge in [0, 0.05) is 6.54 Å². The number of carbonyl (C=O) groups excluding carboxylic acids is 2. The predicted octanol–water partition coefficient (Wildman–Crippen LogP) is 0.0655. The van der Waals surface area contributed by atoms with Crippen LogP contribution in [-0.4, -0.2) is 69.9 Å². The molecule has 1 fully saturated rings. The molecule has 0 aliphatic carbocycles. The molecular weight excluding hydrogens is 350 g/mol. The van der Waals surface area contributed by atoms with Crippen molar-refractivity contribution in [1.82, 2.24) is 10.2 Å². The standard InChI is InChI=1S/C19H29N3O5/c1-5-27-19(24)22-10-8-21(9-11-22)14(2)18(23)20-13-15-6-7-16(25-3)17(12-15)26-4/h6-7,12,14H,5,8-11,13H2,1-4H3,(H,20,23)/p+1/t14-/m0/s1. The van der Waals surface area contributed by atoms with Crippen molar-refractivity contribution in [2.24, 2.45) is 0 Å². The van der Waals surface area contributed by atoms with Crippen molar-refractivity contribution >= 4 is 12.0 Å². The van der Waals surface area contributed by atoms with Crippen molar-refractivity contribution in [2.75, 3.05) is 47.0 Å². The van der Waals surface area contributed by atoms with E-state index in [1.807, 2.05) is 25.1 Å². The van der Waals surface area contributed by atoms with E-state index in [0.29, 0.717) is 37.7 Å². The SMILES string of the molecule is CCOC(=O)N1CC[NH+]([C@@H](C)C(=O)NCc2ccc(OC)c(OC)c2)CC1. The van der Waals surface area contributed by atoms with Crippen molar-refractivity contribution in [3.8, 4) is 11.5 Å². The van der Waals surface area contributed by atoms with Crippen molar-refractivity contribution in [3.63, 3.8) is 0 Å². The molecule has 1 saturated heterocycles. The number of nitrogens with one attached hydrogen (secondary N) is 2. The van der Waals surface area contributed by atoms with Crippen LogP contribution in [-0.2, 0) is 16.1 Å². The summed E-state index contributed by atoms with van der Waals surface area (Å²) >= 11 is 0. The van der Waals surface area contributed by atoms with Crippen LogP contribution in [0.25, 0.3) is 0 Å². The molecule has 2 amide bonds. The van der Waals surface area contributed by atoms with Crippen molar-refractivity contribution in [1.29, 1.82) is 0 Å². The monoisotopic (exact) mass is 380 g/mol. The highest BCUT2D eigenvalue weighted by Crippen LogP contribution is 2.27. The van der Waals surface area contributed by atoms with Crippen LogP contribution in [0.4, 0.5) is 4.79 Å². The molecule has 1 aromatic carbocycles. The van der Waals surface area contributed by atoms with Crippen LogP contribution >= 0.6 is 0 Å². The quantitative estimate of drug-likeness (QED) is 0.700. The molecule has 0 saturated carbocycles. The number of methoxy groups -OCH3 is 2. The zero-order valence-electron chi connectivity index (χ0n) is 16.5. The fourth-order valence-corrected chi connectivity index (χ4v) is 3.14. The highest BCUT2D eigenvalue weighted by Gasteiger charge is 2.31. The van der Waals surface area contributed by atoms with Gasteiger partial charge in [0.05, 0.1) is 47.0 Å². The average molecular weight is 380 g/mol. The maximum atomic E-state index is 12.5. The number of ether oxygens (including phenoxy) is 3. The van der Waals surface area contributed by atoms with Gasteiger partial charge in [-0.25, -0.2) is 4.79 Å². The second kappa shape index (κ2) is 10.0. The first-order valence-corrected chi connectivity index (χ1v) is 9.25. The van der Waals surface area contributed by atoms with E-state index in [-0.39, 0.29) is 18.0 Å². The number of quaternary nitrogens is 1. The fourth-order valence-electron chi connectivity index (χ4n) is 3.14. The molecule has 1 aromatic rings. The van der Waals surface area contributed by atoms with Crippen LogP contribution in [0.5, 0.6) is 11.5 Å². The molecule has 0 bridgehead atoms. The molecule has 1 atom stereocenters. The molecule has 8 heteroatoms. The topological polar surface area (TPSA) is 81.5 Å². The third-order valence-corrected chi connectivity index (χ3v) is 4.85. The summed E-state index contributed by atoms with van der Waals surface area (Å²) < 4.78 is 15.5. The van der Waals surface area contributed by atoms with Gasteiger partial charge in [0.2, 0.25) is 0 Å². The zero-order chi connectivity index (χ0) is 19.8. The van der Waals surface area contributed by atoms with E-state index in [1.54, 1.807) is 26.0 Å². The summed E-state index contributed by atoms with van der Waals surface area (Å²) in [5.41, 5.74) is 0.940. The van der Waals surface area contributed by atoms with E-state index < -0.39 is 0 Å². The Bertz CT molecular complexity index is 644. The Morgan fingerprint density at radius 2 is 1.85 bits per heavy atom. The minimum absolute atomic E-state index is 0.00984. The number of hydrogen-bond donors (Lipinski definition) is 2. The summed E-state index contributed by atoms with van der Waals surface area (Å²) in [6.45, 7) is 7.16. The number of nitrogens with zero attached hydrogens (tertiary/aromatic N) is 1. The van der Waals surface area contributed by atoms with Gasteiger partial charge in [0.25, 0.3) is 5.91 Å². The molecule has 0 aromatic heterocycles. The minimum atomic E-state index is -0.276. The van der Waals surface area contributed by atoms with Gasteiger partial charge in [0.15, 0.2) is 17.5 Å². The Kier molecular flexibility index (Phi) is 7.72. The van der Waals surface area contributed by atoms with Crippen LogP contribution in [0.1, 0.15) is 19.4 Å². The van der Waals surface area contributed by atoms with Gasteiger partial charge in [-0.1, -0.05) is 6.07 Å². The lowest BCUT2D eigenvalue weighted by Crippen LogP contribution is -3.19. The summed E-state index contributed by atoms with van der Waals surface area (Å²) in [4.78, 5) is 27.1. The summed E-state index contributed by atoms with van der Waals surface area (Å²) in [7, 11) is 3.17. The number of hydrogen-bond acceptors (Lipinski definition) is 5. The summed E-state index contributed by atoms with van der Waals surface area (Å²) in [5.74, 6) is 1.28. The highest BCUT2D eigenvalue weighted by atomic mass is 16.6. The predicted molar refractivity (Wildman–Crippen MR) is 100 cm³/mol. The molecule has 0 spiro atoms. The van der Waals surface area contributed by atoms with Gasteiger partial charge in [-0.3, -0.25) is 9.69 Å². The molecule has 1 aliphatic rings. The first-order valence-electron chi connectivity index (χ1n) is 9.25. The first kappa shape index (κ1) is 20.8. The van der Waals surface area contributed by atoms with Crippen LogP contribution in [0, 0.1) is 0 Å². The van der Waals surface area contributed by atoms with Crippen LogP contribution in [0.3, 0.4) is 0 Å². The smallest absolute Gasteiger partial charge is 0.410 e. The Morgan fingerprint density at radius 3 is 2.44 bits per heavy atom. The summed E-state index contributed by atoms with van der Waals surface area (Å²) in [6.07, 6.45) is -0.276. The van der Waals surface area contributed by atoms with Gasteiger partial charge in [-0.05, 0) is 31.5 Å². The molecule has 150 valence electrons. The number of piperazine rings is 1. The van der Waals surface area contributed by atoms with E-state index in [1.165, 1.54) is 4.90 Å². The molecule has 0 radical (unpaired) electrons. The third kappa shape index (κ3) is 5.50. The van der Waals surface area contributed by atoms with Gasteiger partial charge >= 0.3 is 6.09 Å². The van der Waals surface area contributed by atoms with E-state index in [2.05, 4.69) is 5.32 Å². The minimum Gasteiger partial charge on any atom is -0.493 e. The van der Waals surface area contributed by atoms with E-state index in [0.717, 1.165) is 18.7 Å². The van der Waals surface area contributed by atoms with Crippen LogP contribution in [0.2, 0.25) is 0 Å². The fraction of sp³-hybridized carbons (Fsp3) is 0.579. The average Bonchev–Trinajstić information content (AvgIpc) is 2.71. The van der Waals surface area contributed by atoms with Gasteiger partial charge in [-0.15, -0.1) is 0 Å². The van der Waals surface area contributed by atoms with Crippen molar-refractivity contribution in [3.05, 3.63) is 23.8 Å². The van der Waals surface area contributed by atoms with Crippen LogP contribution < -0.4 is 19.7 Å². The summed E-state index contributed by atoms with van der Waals surface area (Å²) in [6, 6.07) is 5.39. The second-order valence-electron chi connectivity index (χ2n) is 6.47. The number of carbonyl (C=O) groups is 2. The Hall–Kier alpha value is -2.48. The van der Waals surface area contributed by atoms with E-state index >= 15 is 0 Å². The highest BCUT2D eigenvalue weighted by molar-refractivity contribution is 5.80. The molecule has 1 heterocycles.